The predicted octanol–water partition coefficient (Wildman–Crippen LogP) is 2.10. The molecule has 0 spiro atoms. The Hall–Kier alpha value is -2.02. The number of hydrogen-bond acceptors (Lipinski definition) is 3. The monoisotopic (exact) mass is 246 g/mol. The molecule has 96 valence electrons. The molecule has 0 bridgehead atoms. The van der Waals surface area contributed by atoms with Gasteiger partial charge >= 0.3 is 5.91 Å². The van der Waals surface area contributed by atoms with Gasteiger partial charge < -0.3 is 9.64 Å². The van der Waals surface area contributed by atoms with E-state index in [4.69, 9.17) is 10.00 Å². The van der Waals surface area contributed by atoms with Crippen LogP contribution in [0.4, 0.5) is 0 Å². The Kier molecular flexibility index (Phi) is 4.33. The third-order valence-electron chi connectivity index (χ3n) is 3.27. The number of benzene rings is 1. The highest BCUT2D eigenvalue weighted by Gasteiger charge is 2.14. The lowest BCUT2D eigenvalue weighted by Gasteiger charge is -2.20. The maximum absolute atomic E-state index is 11.3. The summed E-state index contributed by atoms with van der Waals surface area (Å²) in [6.45, 7) is 6.41. The molecule has 4 heteroatoms. The summed E-state index contributed by atoms with van der Waals surface area (Å²) >= 11 is 0. The highest BCUT2D eigenvalue weighted by Crippen LogP contribution is 2.28. The highest BCUT2D eigenvalue weighted by molar-refractivity contribution is 5.91. The van der Waals surface area contributed by atoms with Gasteiger partial charge in [-0.1, -0.05) is 0 Å². The molecule has 4 nitrogen and oxygen atoms in total. The topological polar surface area (TPSA) is 53.3 Å². The Bertz CT molecular complexity index is 516. The molecular weight excluding hydrogens is 228 g/mol. The van der Waals surface area contributed by atoms with E-state index in [9.17, 15) is 4.79 Å². The van der Waals surface area contributed by atoms with Crippen molar-refractivity contribution < 1.29 is 9.53 Å². The zero-order valence-corrected chi connectivity index (χ0v) is 11.5. The number of carbonyl (C=O) groups is 1. The largest absolute Gasteiger partial charge is 0.496 e. The van der Waals surface area contributed by atoms with Gasteiger partial charge in [0.25, 0.3) is 0 Å². The van der Waals surface area contributed by atoms with E-state index in [1.165, 1.54) is 4.90 Å². The molecule has 1 rings (SSSR count). The van der Waals surface area contributed by atoms with Crippen molar-refractivity contribution in [2.24, 2.45) is 0 Å². The molecule has 0 N–H and O–H groups in total. The molecule has 1 aromatic rings. The third kappa shape index (κ3) is 2.62. The number of hydrogen-bond donors (Lipinski definition) is 0. The van der Waals surface area contributed by atoms with Gasteiger partial charge in [0.15, 0.2) is 6.07 Å². The summed E-state index contributed by atoms with van der Waals surface area (Å²) < 4.78 is 5.30. The zero-order valence-electron chi connectivity index (χ0n) is 11.5. The van der Waals surface area contributed by atoms with Crippen LogP contribution >= 0.6 is 0 Å². The second-order valence-electron chi connectivity index (χ2n) is 4.40. The van der Waals surface area contributed by atoms with Gasteiger partial charge in [0.1, 0.15) is 5.75 Å². The highest BCUT2D eigenvalue weighted by atomic mass is 16.5. The summed E-state index contributed by atoms with van der Waals surface area (Å²) in [4.78, 5) is 12.7. The van der Waals surface area contributed by atoms with Crippen molar-refractivity contribution in [3.8, 4) is 11.8 Å². The Morgan fingerprint density at radius 1 is 1.39 bits per heavy atom. The minimum Gasteiger partial charge on any atom is -0.496 e. The molecule has 0 aliphatic heterocycles. The fourth-order valence-corrected chi connectivity index (χ4v) is 1.95. The first-order valence-corrected chi connectivity index (χ1v) is 5.71. The van der Waals surface area contributed by atoms with E-state index in [1.807, 2.05) is 26.8 Å². The van der Waals surface area contributed by atoms with Crippen LogP contribution in [-0.2, 0) is 11.3 Å². The molecule has 0 unspecified atom stereocenters. The Balaban J connectivity index is 3.15. The normalized spacial score (nSPS) is 9.78. The van der Waals surface area contributed by atoms with Crippen LogP contribution < -0.4 is 4.74 Å². The second kappa shape index (κ2) is 5.54. The lowest BCUT2D eigenvalue weighted by molar-refractivity contribution is -0.124. The van der Waals surface area contributed by atoms with E-state index < -0.39 is 5.91 Å². The summed E-state index contributed by atoms with van der Waals surface area (Å²) in [6, 6.07) is 3.58. The molecule has 18 heavy (non-hydrogen) atoms. The van der Waals surface area contributed by atoms with E-state index in [2.05, 4.69) is 0 Å². The van der Waals surface area contributed by atoms with Crippen LogP contribution in [0.25, 0.3) is 0 Å². The number of amides is 1. The second-order valence-corrected chi connectivity index (χ2v) is 4.40. The van der Waals surface area contributed by atoms with Gasteiger partial charge in [-0.15, -0.1) is 0 Å². The van der Waals surface area contributed by atoms with Gasteiger partial charge in [-0.25, -0.2) is 0 Å². The number of methoxy groups -OCH3 is 1. The quantitative estimate of drug-likeness (QED) is 0.767. The molecule has 0 saturated heterocycles. The van der Waals surface area contributed by atoms with Crippen LogP contribution in [0.2, 0.25) is 0 Å². The number of rotatable bonds is 3. The van der Waals surface area contributed by atoms with Crippen LogP contribution in [0.3, 0.4) is 0 Å². The van der Waals surface area contributed by atoms with Crippen LogP contribution in [0.5, 0.6) is 5.75 Å². The smallest absolute Gasteiger partial charge is 0.325 e. The fraction of sp³-hybridized carbons (Fsp3) is 0.429. The minimum atomic E-state index is -0.526. The van der Waals surface area contributed by atoms with E-state index in [0.717, 1.165) is 28.0 Å². The molecule has 0 radical (unpaired) electrons. The summed E-state index contributed by atoms with van der Waals surface area (Å²) in [5.41, 5.74) is 4.30. The molecular formula is C14H18N2O2. The molecule has 0 aliphatic rings. The van der Waals surface area contributed by atoms with Gasteiger partial charge in [0.2, 0.25) is 0 Å². The van der Waals surface area contributed by atoms with E-state index in [1.54, 1.807) is 20.2 Å². The maximum atomic E-state index is 11.3. The SMILES string of the molecule is COc1cc(C)c(CN(C)C(=O)C#N)c(C)c1C. The van der Waals surface area contributed by atoms with Gasteiger partial charge in [-0.3, -0.25) is 4.79 Å². The Morgan fingerprint density at radius 3 is 2.50 bits per heavy atom. The maximum Gasteiger partial charge on any atom is 0.325 e. The van der Waals surface area contributed by atoms with Crippen LogP contribution in [0.15, 0.2) is 6.07 Å². The number of ether oxygens (including phenoxy) is 1. The first kappa shape index (κ1) is 14.0. The zero-order chi connectivity index (χ0) is 13.9. The third-order valence-corrected chi connectivity index (χ3v) is 3.27. The number of aryl methyl sites for hydroxylation is 1. The van der Waals surface area contributed by atoms with Crippen molar-refractivity contribution >= 4 is 5.91 Å². The lowest BCUT2D eigenvalue weighted by Crippen LogP contribution is -2.25. The number of carbonyl (C=O) groups excluding carboxylic acids is 1. The van der Waals surface area contributed by atoms with Gasteiger partial charge in [0.05, 0.1) is 7.11 Å². The summed E-state index contributed by atoms with van der Waals surface area (Å²) in [5.74, 6) is 0.324. The van der Waals surface area contributed by atoms with Gasteiger partial charge in [-0.05, 0) is 49.1 Å². The molecule has 0 fully saturated rings. The van der Waals surface area contributed by atoms with E-state index in [0.29, 0.717) is 6.54 Å². The van der Waals surface area contributed by atoms with Crippen molar-refractivity contribution in [2.75, 3.05) is 14.2 Å². The molecule has 1 amide bonds. The van der Waals surface area contributed by atoms with Crippen LogP contribution in [0.1, 0.15) is 22.3 Å². The van der Waals surface area contributed by atoms with Crippen molar-refractivity contribution in [1.82, 2.24) is 4.90 Å². The van der Waals surface area contributed by atoms with E-state index >= 15 is 0 Å². The first-order valence-electron chi connectivity index (χ1n) is 5.71. The van der Waals surface area contributed by atoms with Crippen LogP contribution in [-0.4, -0.2) is 25.0 Å². The predicted molar refractivity (Wildman–Crippen MR) is 69.3 cm³/mol. The Labute approximate surface area is 108 Å². The Morgan fingerprint density at radius 2 is 2.00 bits per heavy atom. The average molecular weight is 246 g/mol. The summed E-state index contributed by atoms with van der Waals surface area (Å²) in [5, 5.41) is 8.60. The first-order chi connectivity index (χ1) is 8.42. The van der Waals surface area contributed by atoms with E-state index in [-0.39, 0.29) is 0 Å². The van der Waals surface area contributed by atoms with Gasteiger partial charge in [0, 0.05) is 13.6 Å². The molecule has 1 aromatic carbocycles. The fourth-order valence-electron chi connectivity index (χ4n) is 1.95. The van der Waals surface area contributed by atoms with Gasteiger partial charge in [-0.2, -0.15) is 5.26 Å². The van der Waals surface area contributed by atoms with Crippen LogP contribution in [0, 0.1) is 32.1 Å². The molecule has 0 aliphatic carbocycles. The number of nitrogens with zero attached hydrogens (tertiary/aromatic N) is 2. The van der Waals surface area contributed by atoms with Crippen molar-refractivity contribution in [3.05, 3.63) is 28.3 Å². The standard InChI is InChI=1S/C14H18N2O2/c1-9-6-13(18-5)11(3)10(2)12(9)8-16(4)14(17)7-15/h6H,8H2,1-5H3. The van der Waals surface area contributed by atoms with Crippen molar-refractivity contribution in [1.29, 1.82) is 5.26 Å². The molecule has 0 aromatic heterocycles. The summed E-state index contributed by atoms with van der Waals surface area (Å²) in [7, 11) is 3.27. The summed E-state index contributed by atoms with van der Waals surface area (Å²) in [6.07, 6.45) is 0. The average Bonchev–Trinajstić information content (AvgIpc) is 2.37. The lowest BCUT2D eigenvalue weighted by atomic mass is 9.97. The minimum absolute atomic E-state index is 0.439. The molecule has 0 heterocycles. The molecule has 0 atom stereocenters. The van der Waals surface area contributed by atoms with Crippen molar-refractivity contribution in [2.45, 2.75) is 27.3 Å². The number of nitriles is 1. The van der Waals surface area contributed by atoms with Crippen molar-refractivity contribution in [3.63, 3.8) is 0 Å². The molecule has 0 saturated carbocycles.